The Kier molecular flexibility index (Phi) is 4.70. The average molecular weight is 321 g/mol. The maximum atomic E-state index is 11.4. The highest BCUT2D eigenvalue weighted by Crippen LogP contribution is 2.23. The van der Waals surface area contributed by atoms with Gasteiger partial charge in [-0.25, -0.2) is 8.42 Å². The molecule has 17 heavy (non-hydrogen) atoms. The van der Waals surface area contributed by atoms with E-state index in [1.54, 1.807) is 12.1 Å². The zero-order valence-corrected chi connectivity index (χ0v) is 11.7. The lowest BCUT2D eigenvalue weighted by Crippen LogP contribution is -2.00. The monoisotopic (exact) mass is 320 g/mol. The molecule has 0 unspecified atom stereocenters. The van der Waals surface area contributed by atoms with Gasteiger partial charge < -0.3 is 5.11 Å². The quantitative estimate of drug-likeness (QED) is 0.903. The molecular weight excluding hydrogens is 308 g/mol. The van der Waals surface area contributed by atoms with E-state index in [4.69, 9.17) is 5.11 Å². The summed E-state index contributed by atoms with van der Waals surface area (Å²) in [6, 6.07) is 4.97. The highest BCUT2D eigenvalue weighted by molar-refractivity contribution is 9.10. The first-order chi connectivity index (χ1) is 7.80. The van der Waals surface area contributed by atoms with Crippen LogP contribution in [-0.4, -0.2) is 25.7 Å². The molecule has 0 radical (unpaired) electrons. The van der Waals surface area contributed by atoms with Crippen molar-refractivity contribution in [1.29, 1.82) is 0 Å². The number of halogens is 1. The number of sulfone groups is 1. The van der Waals surface area contributed by atoms with Gasteiger partial charge >= 0.3 is 5.97 Å². The summed E-state index contributed by atoms with van der Waals surface area (Å²) in [4.78, 5) is 10.6. The first-order valence-electron chi connectivity index (χ1n) is 5.01. The fourth-order valence-corrected chi connectivity index (χ4v) is 3.48. The van der Waals surface area contributed by atoms with Crippen LogP contribution in [-0.2, 0) is 21.1 Å². The zero-order chi connectivity index (χ0) is 13.1. The predicted molar refractivity (Wildman–Crippen MR) is 67.8 cm³/mol. The lowest BCUT2D eigenvalue weighted by atomic mass is 10.1. The summed E-state index contributed by atoms with van der Waals surface area (Å²) in [6.45, 7) is 0. The Hall–Kier alpha value is -0.880. The SMILES string of the molecule is CS(=O)(=O)c1ccc(CCCC(=O)O)cc1Br. The summed E-state index contributed by atoms with van der Waals surface area (Å²) < 4.78 is 23.2. The fourth-order valence-electron chi connectivity index (χ4n) is 1.44. The third-order valence-corrected chi connectivity index (χ3v) is 4.33. The van der Waals surface area contributed by atoms with Crippen LogP contribution in [0.15, 0.2) is 27.6 Å². The highest BCUT2D eigenvalue weighted by atomic mass is 79.9. The van der Waals surface area contributed by atoms with Crippen LogP contribution in [0, 0.1) is 0 Å². The molecule has 0 spiro atoms. The van der Waals surface area contributed by atoms with E-state index in [-0.39, 0.29) is 11.3 Å². The minimum atomic E-state index is -3.23. The molecule has 0 aliphatic rings. The first-order valence-corrected chi connectivity index (χ1v) is 7.69. The Morgan fingerprint density at radius 1 is 1.41 bits per heavy atom. The minimum Gasteiger partial charge on any atom is -0.481 e. The third kappa shape index (κ3) is 4.47. The largest absolute Gasteiger partial charge is 0.481 e. The van der Waals surface area contributed by atoms with Gasteiger partial charge in [-0.1, -0.05) is 6.07 Å². The lowest BCUT2D eigenvalue weighted by Gasteiger charge is -2.05. The summed E-state index contributed by atoms with van der Waals surface area (Å²) in [5, 5.41) is 8.51. The van der Waals surface area contributed by atoms with Crippen LogP contribution in [0.4, 0.5) is 0 Å². The van der Waals surface area contributed by atoms with E-state index in [9.17, 15) is 13.2 Å². The van der Waals surface area contributed by atoms with E-state index in [0.29, 0.717) is 17.3 Å². The fraction of sp³-hybridized carbons (Fsp3) is 0.364. The van der Waals surface area contributed by atoms with Gasteiger partial charge in [0.05, 0.1) is 4.90 Å². The van der Waals surface area contributed by atoms with E-state index in [0.717, 1.165) is 11.8 Å². The molecule has 1 aromatic carbocycles. The molecule has 4 nitrogen and oxygen atoms in total. The van der Waals surface area contributed by atoms with Crippen molar-refractivity contribution in [3.05, 3.63) is 28.2 Å². The summed E-state index contributed by atoms with van der Waals surface area (Å²) in [6.07, 6.45) is 2.43. The molecule has 1 N–H and O–H groups in total. The Morgan fingerprint density at radius 2 is 2.06 bits per heavy atom. The molecule has 0 amide bonds. The summed E-state index contributed by atoms with van der Waals surface area (Å²) >= 11 is 3.21. The number of hydrogen-bond acceptors (Lipinski definition) is 3. The van der Waals surface area contributed by atoms with Crippen molar-refractivity contribution in [3.8, 4) is 0 Å². The molecule has 0 heterocycles. The molecule has 0 bridgehead atoms. The van der Waals surface area contributed by atoms with Gasteiger partial charge in [-0.2, -0.15) is 0 Å². The molecule has 94 valence electrons. The Balaban J connectivity index is 2.79. The number of carboxylic acid groups (broad SMARTS) is 1. The molecule has 0 saturated heterocycles. The first kappa shape index (κ1) is 14.2. The third-order valence-electron chi connectivity index (χ3n) is 2.25. The number of aliphatic carboxylic acids is 1. The number of aryl methyl sites for hydroxylation is 1. The van der Waals surface area contributed by atoms with E-state index in [2.05, 4.69) is 15.9 Å². The Bertz CT molecular complexity index is 522. The summed E-state index contributed by atoms with van der Waals surface area (Å²) in [7, 11) is -3.23. The second-order valence-electron chi connectivity index (χ2n) is 3.78. The number of carboxylic acids is 1. The highest BCUT2D eigenvalue weighted by Gasteiger charge is 2.11. The maximum absolute atomic E-state index is 11.4. The van der Waals surface area contributed by atoms with Crippen LogP contribution >= 0.6 is 15.9 Å². The van der Waals surface area contributed by atoms with Gasteiger partial charge in [-0.15, -0.1) is 0 Å². The van der Waals surface area contributed by atoms with Gasteiger partial charge in [0.1, 0.15) is 0 Å². The zero-order valence-electron chi connectivity index (χ0n) is 9.31. The molecule has 6 heteroatoms. The second kappa shape index (κ2) is 5.64. The van der Waals surface area contributed by atoms with Crippen molar-refractivity contribution in [2.45, 2.75) is 24.2 Å². The number of hydrogen-bond donors (Lipinski definition) is 1. The van der Waals surface area contributed by atoms with Crippen LogP contribution in [0.2, 0.25) is 0 Å². The predicted octanol–water partition coefficient (Wildman–Crippen LogP) is 2.26. The van der Waals surface area contributed by atoms with Gasteiger partial charge in [-0.05, 0) is 46.5 Å². The van der Waals surface area contributed by atoms with E-state index < -0.39 is 15.8 Å². The molecule has 1 rings (SSSR count). The smallest absolute Gasteiger partial charge is 0.303 e. The van der Waals surface area contributed by atoms with Crippen LogP contribution in [0.25, 0.3) is 0 Å². The molecular formula is C11H13BrO4S. The van der Waals surface area contributed by atoms with Crippen LogP contribution in [0.1, 0.15) is 18.4 Å². The maximum Gasteiger partial charge on any atom is 0.303 e. The van der Waals surface area contributed by atoms with Gasteiger partial charge in [-0.3, -0.25) is 4.79 Å². The van der Waals surface area contributed by atoms with E-state index in [1.165, 1.54) is 6.07 Å². The van der Waals surface area contributed by atoms with Crippen molar-refractivity contribution < 1.29 is 18.3 Å². The molecule has 0 aliphatic heterocycles. The second-order valence-corrected chi connectivity index (χ2v) is 6.62. The van der Waals surface area contributed by atoms with Gasteiger partial charge in [0.25, 0.3) is 0 Å². The van der Waals surface area contributed by atoms with Gasteiger partial charge in [0.15, 0.2) is 9.84 Å². The lowest BCUT2D eigenvalue weighted by molar-refractivity contribution is -0.137. The summed E-state index contributed by atoms with van der Waals surface area (Å²) in [5.41, 5.74) is 0.922. The molecule has 0 saturated carbocycles. The Morgan fingerprint density at radius 3 is 2.53 bits per heavy atom. The standard InChI is InChI=1S/C11H13BrO4S/c1-17(15,16)10-6-5-8(7-9(10)12)3-2-4-11(13)14/h5-7H,2-4H2,1H3,(H,13,14). The van der Waals surface area contributed by atoms with Crippen LogP contribution in [0.3, 0.4) is 0 Å². The molecule has 0 aromatic heterocycles. The molecule has 1 aromatic rings. The molecule has 0 aliphatic carbocycles. The number of rotatable bonds is 5. The molecule has 0 fully saturated rings. The van der Waals surface area contributed by atoms with Crippen LogP contribution in [0.5, 0.6) is 0 Å². The average Bonchev–Trinajstić information content (AvgIpc) is 2.14. The van der Waals surface area contributed by atoms with Crippen LogP contribution < -0.4 is 0 Å². The van der Waals surface area contributed by atoms with E-state index >= 15 is 0 Å². The Labute approximate surface area is 109 Å². The number of carbonyl (C=O) groups is 1. The van der Waals surface area contributed by atoms with Gasteiger partial charge in [0, 0.05) is 17.1 Å². The van der Waals surface area contributed by atoms with Crippen molar-refractivity contribution in [3.63, 3.8) is 0 Å². The summed E-state index contributed by atoms with van der Waals surface area (Å²) in [5.74, 6) is -0.822. The topological polar surface area (TPSA) is 71.4 Å². The van der Waals surface area contributed by atoms with Crippen molar-refractivity contribution in [2.75, 3.05) is 6.26 Å². The minimum absolute atomic E-state index is 0.117. The number of benzene rings is 1. The molecule has 0 atom stereocenters. The van der Waals surface area contributed by atoms with Gasteiger partial charge in [0.2, 0.25) is 0 Å². The van der Waals surface area contributed by atoms with Crippen molar-refractivity contribution in [2.24, 2.45) is 0 Å². The van der Waals surface area contributed by atoms with E-state index in [1.807, 2.05) is 0 Å². The van der Waals surface area contributed by atoms with Crippen molar-refractivity contribution >= 4 is 31.7 Å². The normalized spacial score (nSPS) is 11.4. The van der Waals surface area contributed by atoms with Crippen molar-refractivity contribution in [1.82, 2.24) is 0 Å².